The first-order valence-corrected chi connectivity index (χ1v) is 6.76. The number of ether oxygens (including phenoxy) is 4. The summed E-state index contributed by atoms with van der Waals surface area (Å²) in [5.74, 6) is 1.64. The third-order valence-corrected chi connectivity index (χ3v) is 3.54. The largest absolute Gasteiger partial charge is 0.493 e. The van der Waals surface area contributed by atoms with Crippen molar-refractivity contribution in [1.82, 2.24) is 4.90 Å². The Morgan fingerprint density at radius 2 is 1.67 bits per heavy atom. The van der Waals surface area contributed by atoms with Gasteiger partial charge < -0.3 is 18.9 Å². The SMILES string of the molecule is COc1cc([C@H](C#N)N2CCOCC2)cc(OC)c1OC. The summed E-state index contributed by atoms with van der Waals surface area (Å²) < 4.78 is 21.3. The third kappa shape index (κ3) is 3.20. The molecular formula is C15H20N2O4. The van der Waals surface area contributed by atoms with E-state index < -0.39 is 0 Å². The first-order chi connectivity index (χ1) is 10.2. The van der Waals surface area contributed by atoms with Gasteiger partial charge in [0.25, 0.3) is 0 Å². The number of nitrogens with zero attached hydrogens (tertiary/aromatic N) is 2. The Hall–Kier alpha value is -1.97. The molecule has 0 amide bonds. The van der Waals surface area contributed by atoms with E-state index in [4.69, 9.17) is 18.9 Å². The zero-order valence-corrected chi connectivity index (χ0v) is 12.6. The molecule has 6 nitrogen and oxygen atoms in total. The van der Waals surface area contributed by atoms with Gasteiger partial charge in [-0.25, -0.2) is 0 Å². The monoisotopic (exact) mass is 292 g/mol. The van der Waals surface area contributed by atoms with Gasteiger partial charge in [0, 0.05) is 13.1 Å². The summed E-state index contributed by atoms with van der Waals surface area (Å²) in [5.41, 5.74) is 0.828. The van der Waals surface area contributed by atoms with Crippen LogP contribution in [-0.2, 0) is 4.74 Å². The molecule has 0 saturated carbocycles. The van der Waals surface area contributed by atoms with Gasteiger partial charge in [-0.2, -0.15) is 5.26 Å². The third-order valence-electron chi connectivity index (χ3n) is 3.54. The normalized spacial score (nSPS) is 16.9. The Bertz CT molecular complexity index is 496. The van der Waals surface area contributed by atoms with Crippen LogP contribution in [0, 0.1) is 11.3 Å². The Morgan fingerprint density at radius 3 is 2.10 bits per heavy atom. The maximum atomic E-state index is 9.54. The van der Waals surface area contributed by atoms with Crippen LogP contribution in [0.25, 0.3) is 0 Å². The van der Waals surface area contributed by atoms with Crippen molar-refractivity contribution >= 4 is 0 Å². The maximum Gasteiger partial charge on any atom is 0.203 e. The number of nitriles is 1. The molecule has 0 spiro atoms. The van der Waals surface area contributed by atoms with E-state index in [1.807, 2.05) is 12.1 Å². The smallest absolute Gasteiger partial charge is 0.203 e. The molecule has 0 aromatic heterocycles. The van der Waals surface area contributed by atoms with E-state index in [0.717, 1.165) is 18.7 Å². The molecule has 1 aliphatic heterocycles. The van der Waals surface area contributed by atoms with Crippen molar-refractivity contribution < 1.29 is 18.9 Å². The molecular weight excluding hydrogens is 272 g/mol. The van der Waals surface area contributed by atoms with Gasteiger partial charge in [-0.05, 0) is 17.7 Å². The summed E-state index contributed by atoms with van der Waals surface area (Å²) >= 11 is 0. The molecule has 0 unspecified atom stereocenters. The number of benzene rings is 1. The van der Waals surface area contributed by atoms with Gasteiger partial charge in [0.05, 0.1) is 40.6 Å². The second-order valence-electron chi connectivity index (χ2n) is 4.64. The van der Waals surface area contributed by atoms with Crippen molar-refractivity contribution in [3.63, 3.8) is 0 Å². The molecule has 21 heavy (non-hydrogen) atoms. The van der Waals surface area contributed by atoms with Crippen LogP contribution in [-0.4, -0.2) is 52.5 Å². The Kier molecular flexibility index (Phi) is 5.26. The van der Waals surface area contributed by atoms with Gasteiger partial charge in [-0.15, -0.1) is 0 Å². The first kappa shape index (κ1) is 15.4. The van der Waals surface area contributed by atoms with Crippen LogP contribution in [0.4, 0.5) is 0 Å². The van der Waals surface area contributed by atoms with Gasteiger partial charge in [0.1, 0.15) is 6.04 Å². The Balaban J connectivity index is 2.39. The highest BCUT2D eigenvalue weighted by Crippen LogP contribution is 2.40. The molecule has 0 N–H and O–H groups in total. The summed E-state index contributed by atoms with van der Waals surface area (Å²) in [6.45, 7) is 2.75. The number of rotatable bonds is 5. The maximum absolute atomic E-state index is 9.54. The van der Waals surface area contributed by atoms with Gasteiger partial charge >= 0.3 is 0 Å². The van der Waals surface area contributed by atoms with Crippen LogP contribution in [0.15, 0.2) is 12.1 Å². The van der Waals surface area contributed by atoms with Gasteiger partial charge in [-0.3, -0.25) is 4.90 Å². The minimum Gasteiger partial charge on any atom is -0.493 e. The molecule has 114 valence electrons. The van der Waals surface area contributed by atoms with Gasteiger partial charge in [-0.1, -0.05) is 0 Å². The van der Waals surface area contributed by atoms with Crippen LogP contribution >= 0.6 is 0 Å². The zero-order valence-electron chi connectivity index (χ0n) is 12.6. The van der Waals surface area contributed by atoms with Crippen LogP contribution < -0.4 is 14.2 Å². The number of hydrogen-bond acceptors (Lipinski definition) is 6. The lowest BCUT2D eigenvalue weighted by Gasteiger charge is -2.31. The number of morpholine rings is 1. The van der Waals surface area contributed by atoms with Gasteiger partial charge in [0.15, 0.2) is 11.5 Å². The molecule has 1 saturated heterocycles. The van der Waals surface area contributed by atoms with Crippen LogP contribution in [0.1, 0.15) is 11.6 Å². The number of methoxy groups -OCH3 is 3. The molecule has 0 bridgehead atoms. The molecule has 2 rings (SSSR count). The second kappa shape index (κ2) is 7.16. The van der Waals surface area contributed by atoms with Crippen molar-refractivity contribution in [2.75, 3.05) is 47.6 Å². The lowest BCUT2D eigenvalue weighted by atomic mass is 10.0. The first-order valence-electron chi connectivity index (χ1n) is 6.76. The summed E-state index contributed by atoms with van der Waals surface area (Å²) in [7, 11) is 4.69. The van der Waals surface area contributed by atoms with E-state index in [-0.39, 0.29) is 6.04 Å². The average molecular weight is 292 g/mol. The van der Waals surface area contributed by atoms with Gasteiger partial charge in [0.2, 0.25) is 5.75 Å². The van der Waals surface area contributed by atoms with Crippen LogP contribution in [0.5, 0.6) is 17.2 Å². The van der Waals surface area contributed by atoms with Crippen LogP contribution in [0.3, 0.4) is 0 Å². The minimum atomic E-state index is -0.359. The molecule has 6 heteroatoms. The lowest BCUT2D eigenvalue weighted by molar-refractivity contribution is 0.0266. The Morgan fingerprint density at radius 1 is 1.10 bits per heavy atom. The van der Waals surface area contributed by atoms with E-state index >= 15 is 0 Å². The average Bonchev–Trinajstić information content (AvgIpc) is 2.55. The fourth-order valence-corrected chi connectivity index (χ4v) is 2.46. The van der Waals surface area contributed by atoms with E-state index in [2.05, 4.69) is 11.0 Å². The highest BCUT2D eigenvalue weighted by Gasteiger charge is 2.25. The van der Waals surface area contributed by atoms with Crippen LogP contribution in [0.2, 0.25) is 0 Å². The van der Waals surface area contributed by atoms with Crippen molar-refractivity contribution in [2.24, 2.45) is 0 Å². The van der Waals surface area contributed by atoms with Crippen molar-refractivity contribution in [3.8, 4) is 23.3 Å². The highest BCUT2D eigenvalue weighted by molar-refractivity contribution is 5.55. The summed E-state index contributed by atoms with van der Waals surface area (Å²) in [6.07, 6.45) is 0. The predicted molar refractivity (Wildman–Crippen MR) is 76.8 cm³/mol. The van der Waals surface area contributed by atoms with Crippen molar-refractivity contribution in [2.45, 2.75) is 6.04 Å². The van der Waals surface area contributed by atoms with Crippen molar-refractivity contribution in [1.29, 1.82) is 5.26 Å². The zero-order chi connectivity index (χ0) is 15.2. The molecule has 1 fully saturated rings. The molecule has 1 heterocycles. The summed E-state index contributed by atoms with van der Waals surface area (Å²) in [4.78, 5) is 2.09. The fourth-order valence-electron chi connectivity index (χ4n) is 2.46. The molecule has 0 radical (unpaired) electrons. The Labute approximate surface area is 124 Å². The predicted octanol–water partition coefficient (Wildman–Crippen LogP) is 1.61. The fraction of sp³-hybridized carbons (Fsp3) is 0.533. The van der Waals surface area contributed by atoms with E-state index in [1.165, 1.54) is 0 Å². The number of hydrogen-bond donors (Lipinski definition) is 0. The molecule has 1 aliphatic rings. The molecule has 1 aromatic carbocycles. The van der Waals surface area contributed by atoms with E-state index in [0.29, 0.717) is 30.5 Å². The summed E-state index contributed by atoms with van der Waals surface area (Å²) in [6, 6.07) is 5.64. The van der Waals surface area contributed by atoms with E-state index in [9.17, 15) is 5.26 Å². The quantitative estimate of drug-likeness (QED) is 0.821. The second-order valence-corrected chi connectivity index (χ2v) is 4.64. The highest BCUT2D eigenvalue weighted by atomic mass is 16.5. The van der Waals surface area contributed by atoms with Crippen molar-refractivity contribution in [3.05, 3.63) is 17.7 Å². The van der Waals surface area contributed by atoms with E-state index in [1.54, 1.807) is 21.3 Å². The summed E-state index contributed by atoms with van der Waals surface area (Å²) in [5, 5.41) is 9.54. The molecule has 1 aromatic rings. The standard InChI is InChI=1S/C15H20N2O4/c1-18-13-8-11(9-14(19-2)15(13)20-3)12(10-16)17-4-6-21-7-5-17/h8-9,12H,4-7H2,1-3H3/t12-/m0/s1. The molecule has 0 aliphatic carbocycles. The minimum absolute atomic E-state index is 0.359. The lowest BCUT2D eigenvalue weighted by Crippen LogP contribution is -2.38. The topological polar surface area (TPSA) is 64.0 Å². The molecule has 1 atom stereocenters.